The SMILES string of the molecule is CCC[CH2][Sn]([CH2]CCC)([S]C[C@@H](O)CO)[S]C[C@@H](O)CO. The second-order valence-corrected chi connectivity index (χ2v) is 31.9. The van der Waals surface area contributed by atoms with Gasteiger partial charge in [0.1, 0.15) is 0 Å². The van der Waals surface area contributed by atoms with Crippen LogP contribution in [0.25, 0.3) is 0 Å². The molecule has 0 aliphatic heterocycles. The average molecular weight is 447 g/mol. The molecule has 0 heterocycles. The molecule has 128 valence electrons. The van der Waals surface area contributed by atoms with E-state index in [1.54, 1.807) is 0 Å². The summed E-state index contributed by atoms with van der Waals surface area (Å²) in [7, 11) is 3.81. The summed E-state index contributed by atoms with van der Waals surface area (Å²) >= 11 is -2.55. The summed E-state index contributed by atoms with van der Waals surface area (Å²) in [5.74, 6) is 1.20. The zero-order valence-corrected chi connectivity index (χ0v) is 17.8. The molecule has 0 rings (SSSR count). The van der Waals surface area contributed by atoms with E-state index in [-0.39, 0.29) is 13.2 Å². The number of rotatable bonds is 14. The quantitative estimate of drug-likeness (QED) is 0.306. The van der Waals surface area contributed by atoms with E-state index in [1.165, 1.54) is 21.7 Å². The van der Waals surface area contributed by atoms with Crippen LogP contribution >= 0.6 is 17.9 Å². The Morgan fingerprint density at radius 1 is 0.810 bits per heavy atom. The summed E-state index contributed by atoms with van der Waals surface area (Å²) in [5.41, 5.74) is 0. The number of unbranched alkanes of at least 4 members (excludes halogenated alkanes) is 2. The van der Waals surface area contributed by atoms with Crippen LogP contribution in [-0.4, -0.2) is 73.0 Å². The van der Waals surface area contributed by atoms with Crippen molar-refractivity contribution in [2.75, 3.05) is 24.7 Å². The van der Waals surface area contributed by atoms with Gasteiger partial charge in [0.15, 0.2) is 0 Å². The first kappa shape index (κ1) is 22.3. The monoisotopic (exact) mass is 448 g/mol. The molecular formula is C14H32O4S2Sn. The van der Waals surface area contributed by atoms with Gasteiger partial charge in [-0.3, -0.25) is 0 Å². The van der Waals surface area contributed by atoms with E-state index in [9.17, 15) is 10.2 Å². The van der Waals surface area contributed by atoms with Crippen molar-refractivity contribution in [3.05, 3.63) is 0 Å². The predicted octanol–water partition coefficient (Wildman–Crippen LogP) is 2.20. The minimum absolute atomic E-state index is 0.180. The van der Waals surface area contributed by atoms with Gasteiger partial charge >= 0.3 is 139 Å². The Morgan fingerprint density at radius 2 is 1.19 bits per heavy atom. The normalized spacial score (nSPS) is 15.1. The van der Waals surface area contributed by atoms with Crippen molar-refractivity contribution in [1.29, 1.82) is 0 Å². The Labute approximate surface area is 138 Å². The van der Waals surface area contributed by atoms with Gasteiger partial charge in [-0.2, -0.15) is 0 Å². The van der Waals surface area contributed by atoms with Gasteiger partial charge in [0.2, 0.25) is 0 Å². The Hall–Kier alpha value is 1.34. The molecule has 0 radical (unpaired) electrons. The molecule has 7 heteroatoms. The van der Waals surface area contributed by atoms with Crippen LogP contribution in [0, 0.1) is 0 Å². The van der Waals surface area contributed by atoms with Crippen LogP contribution in [0.4, 0.5) is 0 Å². The van der Waals surface area contributed by atoms with Crippen LogP contribution in [0.3, 0.4) is 0 Å². The Morgan fingerprint density at radius 3 is 1.48 bits per heavy atom. The van der Waals surface area contributed by atoms with Crippen LogP contribution in [0.5, 0.6) is 0 Å². The van der Waals surface area contributed by atoms with Crippen LogP contribution in [-0.2, 0) is 0 Å². The zero-order chi connectivity index (χ0) is 16.1. The molecule has 4 nitrogen and oxygen atoms in total. The van der Waals surface area contributed by atoms with E-state index in [2.05, 4.69) is 13.8 Å². The fourth-order valence-electron chi connectivity index (χ4n) is 1.95. The average Bonchev–Trinajstić information content (AvgIpc) is 2.52. The summed E-state index contributed by atoms with van der Waals surface area (Å²) < 4.78 is 2.47. The molecule has 2 atom stereocenters. The first-order valence-electron chi connectivity index (χ1n) is 7.89. The molecule has 0 aliphatic rings. The van der Waals surface area contributed by atoms with E-state index in [4.69, 9.17) is 10.2 Å². The molecule has 0 saturated carbocycles. The van der Waals surface area contributed by atoms with Crippen molar-refractivity contribution >= 4 is 33.5 Å². The van der Waals surface area contributed by atoms with Crippen molar-refractivity contribution in [2.45, 2.75) is 60.6 Å². The van der Waals surface area contributed by atoms with Gasteiger partial charge in [-0.1, -0.05) is 0 Å². The third-order valence-corrected chi connectivity index (χ3v) is 33.9. The molecule has 0 bridgehead atoms. The van der Waals surface area contributed by atoms with E-state index in [0.717, 1.165) is 12.8 Å². The molecule has 0 amide bonds. The van der Waals surface area contributed by atoms with Gasteiger partial charge in [-0.05, 0) is 0 Å². The summed E-state index contributed by atoms with van der Waals surface area (Å²) in [5, 5.41) is 37.4. The molecule has 0 aromatic rings. The first-order chi connectivity index (χ1) is 10.0. The summed E-state index contributed by atoms with van der Waals surface area (Å²) in [6.45, 7) is 4.02. The molecule has 0 fully saturated rings. The fourth-order valence-corrected chi connectivity index (χ4v) is 32.1. The molecule has 0 aromatic heterocycles. The summed E-state index contributed by atoms with van der Waals surface area (Å²) in [6.07, 6.45) is 3.44. The number of hydrogen-bond donors (Lipinski definition) is 4. The second-order valence-electron chi connectivity index (χ2n) is 5.41. The van der Waals surface area contributed by atoms with Crippen molar-refractivity contribution in [1.82, 2.24) is 0 Å². The van der Waals surface area contributed by atoms with Gasteiger partial charge in [-0.25, -0.2) is 0 Å². The molecule has 21 heavy (non-hydrogen) atoms. The maximum absolute atomic E-state index is 9.66. The van der Waals surface area contributed by atoms with Crippen LogP contribution in [0.15, 0.2) is 0 Å². The fraction of sp³-hybridized carbons (Fsp3) is 1.00. The molecule has 0 spiro atoms. The van der Waals surface area contributed by atoms with Gasteiger partial charge in [0.05, 0.1) is 0 Å². The standard InChI is InChI=1S/2C4H9.2C3H8O2S.Sn/c2*1-3-4-2;2*4-1-3(5)2-6;/h2*1,3-4H2,2H3;2*3-6H,1-2H2;/q;;;;+2/p-2/t;;2*3-;/m..00./s1. The summed E-state index contributed by atoms with van der Waals surface area (Å²) in [4.78, 5) is 0. The van der Waals surface area contributed by atoms with Crippen molar-refractivity contribution < 1.29 is 20.4 Å². The van der Waals surface area contributed by atoms with Crippen molar-refractivity contribution in [2.24, 2.45) is 0 Å². The predicted molar refractivity (Wildman–Crippen MR) is 96.3 cm³/mol. The third-order valence-electron chi connectivity index (χ3n) is 3.32. The van der Waals surface area contributed by atoms with Crippen molar-refractivity contribution in [3.63, 3.8) is 0 Å². The van der Waals surface area contributed by atoms with E-state index in [0.29, 0.717) is 11.5 Å². The molecule has 0 aliphatic carbocycles. The number of aliphatic hydroxyl groups excluding tert-OH is 4. The van der Waals surface area contributed by atoms with E-state index < -0.39 is 27.8 Å². The Kier molecular flexibility index (Phi) is 14.6. The van der Waals surface area contributed by atoms with E-state index in [1.807, 2.05) is 17.9 Å². The summed E-state index contributed by atoms with van der Waals surface area (Å²) in [6, 6.07) is 0. The molecule has 0 unspecified atom stereocenters. The molecular weight excluding hydrogens is 415 g/mol. The third kappa shape index (κ3) is 10.7. The maximum atomic E-state index is 9.66. The van der Waals surface area contributed by atoms with Crippen LogP contribution in [0.1, 0.15) is 39.5 Å². The second kappa shape index (κ2) is 13.7. The molecule has 0 aromatic carbocycles. The van der Waals surface area contributed by atoms with Crippen LogP contribution < -0.4 is 0 Å². The number of hydrogen-bond acceptors (Lipinski definition) is 6. The van der Waals surface area contributed by atoms with E-state index >= 15 is 0 Å². The van der Waals surface area contributed by atoms with Gasteiger partial charge in [0, 0.05) is 0 Å². The molecule has 0 saturated heterocycles. The molecule has 4 N–H and O–H groups in total. The first-order valence-corrected chi connectivity index (χ1v) is 20.9. The van der Waals surface area contributed by atoms with Crippen molar-refractivity contribution in [3.8, 4) is 0 Å². The Bertz CT molecular complexity index is 223. The zero-order valence-electron chi connectivity index (χ0n) is 13.3. The van der Waals surface area contributed by atoms with Gasteiger partial charge < -0.3 is 0 Å². The Balaban J connectivity index is 4.73. The van der Waals surface area contributed by atoms with Crippen LogP contribution in [0.2, 0.25) is 8.87 Å². The van der Waals surface area contributed by atoms with Gasteiger partial charge in [0.25, 0.3) is 0 Å². The van der Waals surface area contributed by atoms with Gasteiger partial charge in [-0.15, -0.1) is 0 Å². The minimum atomic E-state index is -2.55. The number of aliphatic hydroxyl groups is 4. The topological polar surface area (TPSA) is 80.9 Å².